The Kier molecular flexibility index (Phi) is 6.43. The first-order chi connectivity index (χ1) is 15.7. The molecule has 3 heterocycles. The Hall–Kier alpha value is -2.93. The van der Waals surface area contributed by atoms with Crippen molar-refractivity contribution in [1.82, 2.24) is 25.9 Å². The SMILES string of the molecule is CC[C@]1(c2ccccc2)NC(=O)N(NC(=O)CSc2nnc(C[C@@H]3CCS(=O)(=O)C3)o2)C1=O. The van der Waals surface area contributed by atoms with Gasteiger partial charge in [0.2, 0.25) is 11.8 Å². The summed E-state index contributed by atoms with van der Waals surface area (Å²) in [6.45, 7) is 1.78. The van der Waals surface area contributed by atoms with Crippen molar-refractivity contribution in [2.75, 3.05) is 17.3 Å². The molecule has 0 saturated carbocycles. The van der Waals surface area contributed by atoms with Crippen LogP contribution in [0.1, 0.15) is 31.2 Å². The number of urea groups is 1. The number of amides is 4. The van der Waals surface area contributed by atoms with Crippen LogP contribution in [0.3, 0.4) is 0 Å². The van der Waals surface area contributed by atoms with E-state index in [0.717, 1.165) is 11.8 Å². The number of rotatable bonds is 8. The summed E-state index contributed by atoms with van der Waals surface area (Å²) >= 11 is 0.955. The Balaban J connectivity index is 1.33. The van der Waals surface area contributed by atoms with E-state index in [0.29, 0.717) is 35.7 Å². The fourth-order valence-corrected chi connectivity index (χ4v) is 6.42. The number of hydrazine groups is 1. The number of aromatic nitrogens is 2. The molecule has 0 spiro atoms. The predicted molar refractivity (Wildman–Crippen MR) is 117 cm³/mol. The molecule has 2 aliphatic rings. The van der Waals surface area contributed by atoms with Gasteiger partial charge >= 0.3 is 6.03 Å². The van der Waals surface area contributed by atoms with E-state index in [9.17, 15) is 22.8 Å². The van der Waals surface area contributed by atoms with E-state index in [-0.39, 0.29) is 28.4 Å². The fourth-order valence-electron chi connectivity index (χ4n) is 3.98. The Bertz CT molecular complexity index is 1170. The van der Waals surface area contributed by atoms with E-state index < -0.39 is 33.2 Å². The zero-order valence-corrected chi connectivity index (χ0v) is 19.4. The average Bonchev–Trinajstić information content (AvgIpc) is 3.45. The van der Waals surface area contributed by atoms with Crippen LogP contribution in [-0.4, -0.2) is 58.7 Å². The Morgan fingerprint density at radius 1 is 1.30 bits per heavy atom. The summed E-state index contributed by atoms with van der Waals surface area (Å²) in [5.74, 6) is -0.796. The van der Waals surface area contributed by atoms with Gasteiger partial charge in [-0.25, -0.2) is 13.2 Å². The van der Waals surface area contributed by atoms with Gasteiger partial charge in [0, 0.05) is 6.42 Å². The van der Waals surface area contributed by atoms with Crippen LogP contribution in [0.2, 0.25) is 0 Å². The van der Waals surface area contributed by atoms with Gasteiger partial charge in [-0.1, -0.05) is 49.0 Å². The number of nitrogens with zero attached hydrogens (tertiary/aromatic N) is 3. The van der Waals surface area contributed by atoms with E-state index in [4.69, 9.17) is 4.42 Å². The third kappa shape index (κ3) is 4.88. The van der Waals surface area contributed by atoms with Crippen LogP contribution in [0.25, 0.3) is 0 Å². The molecule has 13 heteroatoms. The zero-order chi connectivity index (χ0) is 23.6. The maximum Gasteiger partial charge on any atom is 0.344 e. The van der Waals surface area contributed by atoms with Crippen molar-refractivity contribution < 1.29 is 27.2 Å². The summed E-state index contributed by atoms with van der Waals surface area (Å²) in [5.41, 5.74) is 1.73. The molecule has 2 N–H and O–H groups in total. The Labute approximate surface area is 194 Å². The molecule has 0 bridgehead atoms. The molecule has 2 atom stereocenters. The van der Waals surface area contributed by atoms with Gasteiger partial charge in [-0.3, -0.25) is 15.0 Å². The van der Waals surface area contributed by atoms with Crippen molar-refractivity contribution in [3.8, 4) is 0 Å². The number of hydrogen-bond donors (Lipinski definition) is 2. The molecular formula is C20H23N5O6S2. The lowest BCUT2D eigenvalue weighted by atomic mass is 9.87. The first-order valence-corrected chi connectivity index (χ1v) is 13.2. The van der Waals surface area contributed by atoms with Crippen LogP contribution in [-0.2, 0) is 31.4 Å². The van der Waals surface area contributed by atoms with E-state index in [1.165, 1.54) is 0 Å². The van der Waals surface area contributed by atoms with Gasteiger partial charge in [0.05, 0.1) is 17.3 Å². The predicted octanol–water partition coefficient (Wildman–Crippen LogP) is 1.03. The van der Waals surface area contributed by atoms with Gasteiger partial charge in [-0.2, -0.15) is 5.01 Å². The summed E-state index contributed by atoms with van der Waals surface area (Å²) in [4.78, 5) is 37.9. The number of carbonyl (C=O) groups excluding carboxylic acids is 3. The monoisotopic (exact) mass is 493 g/mol. The third-order valence-corrected chi connectivity index (χ3v) is 8.35. The minimum Gasteiger partial charge on any atom is -0.416 e. The first kappa shape index (κ1) is 23.2. The van der Waals surface area contributed by atoms with E-state index >= 15 is 0 Å². The molecule has 0 radical (unpaired) electrons. The second-order valence-corrected chi connectivity index (χ2v) is 11.1. The van der Waals surface area contributed by atoms with Crippen LogP contribution in [0.5, 0.6) is 0 Å². The number of carbonyl (C=O) groups is 3. The van der Waals surface area contributed by atoms with Gasteiger partial charge in [-0.15, -0.1) is 10.2 Å². The maximum atomic E-state index is 13.0. The zero-order valence-electron chi connectivity index (χ0n) is 17.8. The Morgan fingerprint density at radius 2 is 2.06 bits per heavy atom. The van der Waals surface area contributed by atoms with Crippen molar-refractivity contribution in [2.24, 2.45) is 5.92 Å². The van der Waals surface area contributed by atoms with Crippen molar-refractivity contribution in [3.05, 3.63) is 41.8 Å². The van der Waals surface area contributed by atoms with Gasteiger partial charge in [0.25, 0.3) is 11.1 Å². The van der Waals surface area contributed by atoms with Crippen LogP contribution in [0.15, 0.2) is 40.0 Å². The molecule has 33 heavy (non-hydrogen) atoms. The van der Waals surface area contributed by atoms with Gasteiger partial charge in [0.1, 0.15) is 5.54 Å². The smallest absolute Gasteiger partial charge is 0.344 e. The van der Waals surface area contributed by atoms with Gasteiger partial charge in [0.15, 0.2) is 9.84 Å². The average molecular weight is 494 g/mol. The molecule has 11 nitrogen and oxygen atoms in total. The normalized spacial score (nSPS) is 24.2. The first-order valence-electron chi connectivity index (χ1n) is 10.4. The van der Waals surface area contributed by atoms with Crippen LogP contribution in [0, 0.1) is 5.92 Å². The van der Waals surface area contributed by atoms with Crippen molar-refractivity contribution in [3.63, 3.8) is 0 Å². The molecule has 1 aromatic heterocycles. The van der Waals surface area contributed by atoms with Gasteiger partial charge < -0.3 is 9.73 Å². The van der Waals surface area contributed by atoms with Crippen LogP contribution < -0.4 is 10.7 Å². The summed E-state index contributed by atoms with van der Waals surface area (Å²) < 4.78 is 28.6. The highest BCUT2D eigenvalue weighted by molar-refractivity contribution is 7.99. The number of nitrogens with one attached hydrogen (secondary N) is 2. The minimum absolute atomic E-state index is 0.0558. The molecule has 4 amide bonds. The van der Waals surface area contributed by atoms with Crippen molar-refractivity contribution in [1.29, 1.82) is 0 Å². The lowest BCUT2D eigenvalue weighted by Crippen LogP contribution is -2.49. The number of benzene rings is 1. The quantitative estimate of drug-likeness (QED) is 0.406. The molecule has 4 rings (SSSR count). The number of hydrogen-bond acceptors (Lipinski definition) is 9. The highest BCUT2D eigenvalue weighted by Gasteiger charge is 2.52. The number of sulfone groups is 1. The number of imide groups is 1. The molecule has 2 aromatic rings. The molecule has 2 aliphatic heterocycles. The second kappa shape index (κ2) is 9.14. The molecule has 1 aromatic carbocycles. The highest BCUT2D eigenvalue weighted by atomic mass is 32.2. The van der Waals surface area contributed by atoms with E-state index in [1.54, 1.807) is 31.2 Å². The molecule has 176 valence electrons. The summed E-state index contributed by atoms with van der Waals surface area (Å²) in [6, 6.07) is 8.14. The summed E-state index contributed by atoms with van der Waals surface area (Å²) in [5, 5.41) is 11.3. The van der Waals surface area contributed by atoms with Crippen molar-refractivity contribution >= 4 is 39.4 Å². The maximum absolute atomic E-state index is 13.0. The highest BCUT2D eigenvalue weighted by Crippen LogP contribution is 2.31. The fraction of sp³-hybridized carbons (Fsp3) is 0.450. The molecule has 0 unspecified atom stereocenters. The van der Waals surface area contributed by atoms with E-state index in [1.807, 2.05) is 6.07 Å². The standard InChI is InChI=1S/C20H23N5O6S2/c1-2-20(14-6-4-3-5-7-14)17(27)25(18(28)21-20)24-15(26)11-32-19-23-22-16(31-19)10-13-8-9-33(29,30)12-13/h3-7,13H,2,8-12H2,1H3,(H,21,28)(H,24,26)/t13-,20+/m0/s1. The molecule has 2 saturated heterocycles. The lowest BCUT2D eigenvalue weighted by molar-refractivity contribution is -0.138. The Morgan fingerprint density at radius 3 is 2.73 bits per heavy atom. The van der Waals surface area contributed by atoms with Gasteiger partial charge in [-0.05, 0) is 24.3 Å². The van der Waals surface area contributed by atoms with E-state index in [2.05, 4.69) is 20.9 Å². The summed E-state index contributed by atoms with van der Waals surface area (Å²) in [6.07, 6.45) is 1.24. The van der Waals surface area contributed by atoms with Crippen molar-refractivity contribution in [2.45, 2.75) is 36.9 Å². The summed E-state index contributed by atoms with van der Waals surface area (Å²) in [7, 11) is -2.99. The second-order valence-electron chi connectivity index (χ2n) is 7.95. The molecule has 2 fully saturated rings. The van der Waals surface area contributed by atoms with Crippen LogP contribution in [0.4, 0.5) is 4.79 Å². The molecular weight excluding hydrogens is 470 g/mol. The lowest BCUT2D eigenvalue weighted by Gasteiger charge is -2.25. The minimum atomic E-state index is -2.99. The topological polar surface area (TPSA) is 152 Å². The largest absolute Gasteiger partial charge is 0.416 e. The number of thioether (sulfide) groups is 1. The third-order valence-electron chi connectivity index (χ3n) is 5.69. The molecule has 0 aliphatic carbocycles. The van der Waals surface area contributed by atoms with Crippen LogP contribution >= 0.6 is 11.8 Å².